The van der Waals surface area contributed by atoms with Gasteiger partial charge in [0, 0.05) is 13.1 Å². The fourth-order valence-electron chi connectivity index (χ4n) is 3.38. The molecule has 0 radical (unpaired) electrons. The van der Waals surface area contributed by atoms with Crippen molar-refractivity contribution in [2.24, 2.45) is 5.92 Å². The van der Waals surface area contributed by atoms with E-state index in [0.29, 0.717) is 25.7 Å². The molecule has 8 heteroatoms. The number of rotatable bonds is 5. The first-order chi connectivity index (χ1) is 12.5. The lowest BCUT2D eigenvalue weighted by Gasteiger charge is -2.26. The second kappa shape index (κ2) is 8.69. The minimum absolute atomic E-state index is 0.0619. The van der Waals surface area contributed by atoms with E-state index in [1.807, 2.05) is 0 Å². The van der Waals surface area contributed by atoms with E-state index in [4.69, 9.17) is 21.1 Å². The summed E-state index contributed by atoms with van der Waals surface area (Å²) in [4.78, 5) is 12.3. The average Bonchev–Trinajstić information content (AvgIpc) is 2.68. The van der Waals surface area contributed by atoms with Crippen LogP contribution in [0.25, 0.3) is 0 Å². The highest BCUT2D eigenvalue weighted by Crippen LogP contribution is 2.28. The number of carbonyl (C=O) groups is 1. The lowest BCUT2D eigenvalue weighted by atomic mass is 9.90. The summed E-state index contributed by atoms with van der Waals surface area (Å²) in [7, 11) is -3.77. The minimum atomic E-state index is -3.77. The maximum absolute atomic E-state index is 12.8. The monoisotopic (exact) mass is 401 g/mol. The summed E-state index contributed by atoms with van der Waals surface area (Å²) in [6.45, 7) is 1.62. The van der Waals surface area contributed by atoms with Crippen LogP contribution in [0.1, 0.15) is 42.5 Å². The zero-order valence-electron chi connectivity index (χ0n) is 14.7. The summed E-state index contributed by atoms with van der Waals surface area (Å²) in [6.07, 6.45) is 5.73. The molecule has 1 saturated carbocycles. The molecule has 1 aromatic carbocycles. The number of halogens is 1. The molecule has 3 rings (SSSR count). The molecular formula is C18H24ClNO5S. The Hall–Kier alpha value is -1.15. The number of ether oxygens (including phenoxy) is 2. The molecule has 1 saturated heterocycles. The minimum Gasteiger partial charge on any atom is -0.462 e. The van der Waals surface area contributed by atoms with E-state index in [1.165, 1.54) is 41.8 Å². The summed E-state index contributed by atoms with van der Waals surface area (Å²) in [5, 5.41) is 0.0975. The molecule has 0 atom stereocenters. The van der Waals surface area contributed by atoms with E-state index in [9.17, 15) is 13.2 Å². The summed E-state index contributed by atoms with van der Waals surface area (Å²) >= 11 is 6.11. The number of hydrogen-bond donors (Lipinski definition) is 0. The van der Waals surface area contributed by atoms with Gasteiger partial charge in [-0.3, -0.25) is 0 Å². The van der Waals surface area contributed by atoms with Crippen molar-refractivity contribution < 1.29 is 22.7 Å². The van der Waals surface area contributed by atoms with E-state index in [-0.39, 0.29) is 28.6 Å². The van der Waals surface area contributed by atoms with Crippen molar-refractivity contribution in [2.75, 3.05) is 32.9 Å². The molecule has 0 N–H and O–H groups in total. The fraction of sp³-hybridized carbons (Fsp3) is 0.611. The van der Waals surface area contributed by atoms with Crippen molar-refractivity contribution in [1.82, 2.24) is 4.31 Å². The summed E-state index contributed by atoms with van der Waals surface area (Å²) < 4.78 is 37.6. The van der Waals surface area contributed by atoms with Gasteiger partial charge in [-0.1, -0.05) is 30.9 Å². The van der Waals surface area contributed by atoms with Gasteiger partial charge in [-0.25, -0.2) is 13.2 Å². The predicted molar refractivity (Wildman–Crippen MR) is 97.9 cm³/mol. The van der Waals surface area contributed by atoms with Crippen molar-refractivity contribution >= 4 is 27.6 Å². The molecule has 0 spiro atoms. The van der Waals surface area contributed by atoms with Crippen molar-refractivity contribution in [3.63, 3.8) is 0 Å². The van der Waals surface area contributed by atoms with Gasteiger partial charge in [-0.2, -0.15) is 4.31 Å². The Bertz CT molecular complexity index is 740. The Morgan fingerprint density at radius 2 is 1.88 bits per heavy atom. The van der Waals surface area contributed by atoms with Gasteiger partial charge in [0.1, 0.15) is 4.90 Å². The fourth-order valence-corrected chi connectivity index (χ4v) is 5.29. The number of carbonyl (C=O) groups excluding carboxylic acids is 1. The van der Waals surface area contributed by atoms with Crippen LogP contribution in [0.4, 0.5) is 0 Å². The highest BCUT2D eigenvalue weighted by molar-refractivity contribution is 7.89. The molecule has 26 heavy (non-hydrogen) atoms. The quantitative estimate of drug-likeness (QED) is 0.709. The molecule has 2 fully saturated rings. The molecule has 2 aliphatic rings. The van der Waals surface area contributed by atoms with Crippen LogP contribution in [0.2, 0.25) is 5.02 Å². The summed E-state index contributed by atoms with van der Waals surface area (Å²) in [5.74, 6) is -0.109. The Labute approximate surface area is 159 Å². The number of sulfonamides is 1. The second-order valence-corrected chi connectivity index (χ2v) is 9.08. The van der Waals surface area contributed by atoms with E-state index in [2.05, 4.69) is 0 Å². The first kappa shape index (κ1) is 19.6. The van der Waals surface area contributed by atoms with Crippen LogP contribution in [0.5, 0.6) is 0 Å². The van der Waals surface area contributed by atoms with Gasteiger partial charge < -0.3 is 9.47 Å². The standard InChI is InChI=1S/C18H24ClNO5S/c19-16-7-6-15(18(21)25-13-14-4-2-1-3-5-14)12-17(16)26(22,23)20-8-10-24-11-9-20/h6-7,12,14H,1-5,8-11,13H2. The molecule has 1 aliphatic carbocycles. The van der Waals surface area contributed by atoms with Crippen LogP contribution in [-0.4, -0.2) is 51.6 Å². The summed E-state index contributed by atoms with van der Waals surface area (Å²) in [6, 6.07) is 4.26. The number of hydrogen-bond acceptors (Lipinski definition) is 5. The Morgan fingerprint density at radius 3 is 2.58 bits per heavy atom. The van der Waals surface area contributed by atoms with Crippen molar-refractivity contribution in [3.8, 4) is 0 Å². The highest BCUT2D eigenvalue weighted by atomic mass is 35.5. The van der Waals surface area contributed by atoms with Crippen molar-refractivity contribution in [1.29, 1.82) is 0 Å². The van der Waals surface area contributed by atoms with E-state index >= 15 is 0 Å². The SMILES string of the molecule is O=C(OCC1CCCCC1)c1ccc(Cl)c(S(=O)(=O)N2CCOCC2)c1. The van der Waals surface area contributed by atoms with E-state index in [1.54, 1.807) is 0 Å². The molecule has 1 aromatic rings. The lowest BCUT2D eigenvalue weighted by molar-refractivity contribution is 0.0410. The Balaban J connectivity index is 1.73. The molecule has 6 nitrogen and oxygen atoms in total. The molecule has 0 bridgehead atoms. The highest BCUT2D eigenvalue weighted by Gasteiger charge is 2.29. The van der Waals surface area contributed by atoms with Gasteiger partial charge in [0.25, 0.3) is 0 Å². The number of morpholine rings is 1. The van der Waals surface area contributed by atoms with E-state index in [0.717, 1.165) is 12.8 Å². The molecule has 1 heterocycles. The van der Waals surface area contributed by atoms with Crippen LogP contribution in [0.15, 0.2) is 23.1 Å². The first-order valence-electron chi connectivity index (χ1n) is 9.03. The third-order valence-electron chi connectivity index (χ3n) is 4.93. The van der Waals surface area contributed by atoms with Gasteiger partial charge in [0.05, 0.1) is 30.4 Å². The van der Waals surface area contributed by atoms with Crippen molar-refractivity contribution in [3.05, 3.63) is 28.8 Å². The van der Waals surface area contributed by atoms with Crippen LogP contribution < -0.4 is 0 Å². The van der Waals surface area contributed by atoms with Gasteiger partial charge in [-0.05, 0) is 37.0 Å². The van der Waals surface area contributed by atoms with Crippen molar-refractivity contribution in [2.45, 2.75) is 37.0 Å². The number of nitrogens with zero attached hydrogens (tertiary/aromatic N) is 1. The molecule has 0 amide bonds. The maximum Gasteiger partial charge on any atom is 0.338 e. The third-order valence-corrected chi connectivity index (χ3v) is 7.31. The van der Waals surface area contributed by atoms with Gasteiger partial charge >= 0.3 is 5.97 Å². The maximum atomic E-state index is 12.8. The Kier molecular flexibility index (Phi) is 6.55. The summed E-state index contributed by atoms with van der Waals surface area (Å²) in [5.41, 5.74) is 0.206. The first-order valence-corrected chi connectivity index (χ1v) is 10.8. The smallest absolute Gasteiger partial charge is 0.338 e. The second-order valence-electron chi connectivity index (χ2n) is 6.76. The molecule has 144 valence electrons. The van der Waals surface area contributed by atoms with Crippen LogP contribution in [-0.2, 0) is 19.5 Å². The zero-order valence-corrected chi connectivity index (χ0v) is 16.2. The third kappa shape index (κ3) is 4.57. The number of benzene rings is 1. The molecular weight excluding hydrogens is 378 g/mol. The lowest BCUT2D eigenvalue weighted by Crippen LogP contribution is -2.40. The average molecular weight is 402 g/mol. The van der Waals surface area contributed by atoms with Gasteiger partial charge in [0.15, 0.2) is 0 Å². The molecule has 0 aromatic heterocycles. The van der Waals surface area contributed by atoms with Gasteiger partial charge in [-0.15, -0.1) is 0 Å². The van der Waals surface area contributed by atoms with Crippen LogP contribution in [0.3, 0.4) is 0 Å². The predicted octanol–water partition coefficient (Wildman–Crippen LogP) is 3.10. The Morgan fingerprint density at radius 1 is 1.19 bits per heavy atom. The van der Waals surface area contributed by atoms with Gasteiger partial charge in [0.2, 0.25) is 10.0 Å². The van der Waals surface area contributed by atoms with Crippen LogP contribution in [0, 0.1) is 5.92 Å². The zero-order chi connectivity index (χ0) is 18.6. The largest absolute Gasteiger partial charge is 0.462 e. The topological polar surface area (TPSA) is 72.9 Å². The number of esters is 1. The van der Waals surface area contributed by atoms with Crippen LogP contribution >= 0.6 is 11.6 Å². The normalized spacial score (nSPS) is 20.0. The van der Waals surface area contributed by atoms with E-state index < -0.39 is 16.0 Å². The molecule has 0 unspecified atom stereocenters. The molecule has 1 aliphatic heterocycles.